The fourth-order valence-corrected chi connectivity index (χ4v) is 0.892. The molecule has 0 bridgehead atoms. The third kappa shape index (κ3) is 3.18. The van der Waals surface area contributed by atoms with Crippen LogP contribution in [0.1, 0.15) is 20.8 Å². The number of likely N-dealkylation sites (N-methyl/N-ethyl adjacent to an activating group) is 1. The van der Waals surface area contributed by atoms with Gasteiger partial charge >= 0.3 is 0 Å². The lowest BCUT2D eigenvalue weighted by Crippen LogP contribution is -2.48. The van der Waals surface area contributed by atoms with Gasteiger partial charge in [-0.3, -0.25) is 0 Å². The summed E-state index contributed by atoms with van der Waals surface area (Å²) in [5.41, 5.74) is 0. The van der Waals surface area contributed by atoms with Crippen molar-refractivity contribution in [2.24, 2.45) is 0 Å². The average molecular weight is 161 g/mol. The summed E-state index contributed by atoms with van der Waals surface area (Å²) in [6, 6.07) is 0.00227. The molecule has 68 valence electrons. The van der Waals surface area contributed by atoms with Crippen molar-refractivity contribution in [3.05, 3.63) is 0 Å². The Kier molecular flexibility index (Phi) is 4.00. The van der Waals surface area contributed by atoms with Gasteiger partial charge in [-0.25, -0.2) is 0 Å². The molecule has 0 rings (SSSR count). The first-order chi connectivity index (χ1) is 4.91. The van der Waals surface area contributed by atoms with E-state index in [-0.39, 0.29) is 6.04 Å². The molecule has 0 saturated heterocycles. The highest BCUT2D eigenvalue weighted by molar-refractivity contribution is 4.74. The summed E-state index contributed by atoms with van der Waals surface area (Å²) < 4.78 is 5.17. The maximum Gasteiger partial charge on any atom is 0.178 e. The molecule has 0 aromatic heterocycles. The molecule has 3 heteroatoms. The summed E-state index contributed by atoms with van der Waals surface area (Å²) in [4.78, 5) is 1.93. The van der Waals surface area contributed by atoms with Crippen LogP contribution in [0.3, 0.4) is 0 Å². The van der Waals surface area contributed by atoms with Gasteiger partial charge in [-0.05, 0) is 34.9 Å². The minimum absolute atomic E-state index is 0.00227. The van der Waals surface area contributed by atoms with Gasteiger partial charge in [-0.1, -0.05) is 0 Å². The maximum absolute atomic E-state index is 9.69. The number of ether oxygens (including phenoxy) is 1. The Morgan fingerprint density at radius 1 is 1.55 bits per heavy atom. The average Bonchev–Trinajstić information content (AvgIpc) is 1.86. The van der Waals surface area contributed by atoms with Crippen LogP contribution in [0.4, 0.5) is 0 Å². The lowest BCUT2D eigenvalue weighted by atomic mass is 10.1. The normalized spacial score (nSPS) is 19.9. The van der Waals surface area contributed by atoms with E-state index in [1.165, 1.54) is 0 Å². The molecule has 3 nitrogen and oxygen atoms in total. The van der Waals surface area contributed by atoms with Gasteiger partial charge in [0.2, 0.25) is 0 Å². The van der Waals surface area contributed by atoms with Crippen molar-refractivity contribution < 1.29 is 9.84 Å². The topological polar surface area (TPSA) is 32.7 Å². The van der Waals surface area contributed by atoms with Crippen LogP contribution in [0.25, 0.3) is 0 Å². The first kappa shape index (κ1) is 10.9. The Morgan fingerprint density at radius 3 is 2.27 bits per heavy atom. The highest BCUT2D eigenvalue weighted by atomic mass is 16.6. The summed E-state index contributed by atoms with van der Waals surface area (Å²) in [6.45, 7) is 6.01. The van der Waals surface area contributed by atoms with Crippen LogP contribution in [0.15, 0.2) is 0 Å². The van der Waals surface area contributed by atoms with Gasteiger partial charge < -0.3 is 14.7 Å². The third-order valence-electron chi connectivity index (χ3n) is 1.99. The van der Waals surface area contributed by atoms with Gasteiger partial charge in [0.15, 0.2) is 5.79 Å². The van der Waals surface area contributed by atoms with E-state index in [2.05, 4.69) is 0 Å². The molecular weight excluding hydrogens is 142 g/mol. The van der Waals surface area contributed by atoms with Gasteiger partial charge in [0.1, 0.15) is 0 Å². The molecule has 2 unspecified atom stereocenters. The quantitative estimate of drug-likeness (QED) is 0.615. The second-order valence-corrected chi connectivity index (χ2v) is 3.13. The SMILES string of the molecule is CCOC(C)(O)C(C)N(C)C. The summed E-state index contributed by atoms with van der Waals surface area (Å²) in [7, 11) is 3.83. The van der Waals surface area contributed by atoms with E-state index in [9.17, 15) is 5.11 Å². The summed E-state index contributed by atoms with van der Waals surface area (Å²) in [5, 5.41) is 9.69. The molecule has 0 aliphatic rings. The Hall–Kier alpha value is -0.120. The first-order valence-electron chi connectivity index (χ1n) is 3.94. The molecule has 0 saturated carbocycles. The number of hydrogen-bond acceptors (Lipinski definition) is 3. The second kappa shape index (κ2) is 4.04. The van der Waals surface area contributed by atoms with Gasteiger partial charge in [-0.15, -0.1) is 0 Å². The fraction of sp³-hybridized carbons (Fsp3) is 1.00. The molecular formula is C8H19NO2. The van der Waals surface area contributed by atoms with Gasteiger partial charge in [0.25, 0.3) is 0 Å². The van der Waals surface area contributed by atoms with Crippen molar-refractivity contribution in [2.45, 2.75) is 32.6 Å². The Bertz CT molecular complexity index is 113. The molecule has 0 radical (unpaired) electrons. The molecule has 0 fully saturated rings. The van der Waals surface area contributed by atoms with Gasteiger partial charge in [0.05, 0.1) is 6.04 Å². The zero-order valence-corrected chi connectivity index (χ0v) is 8.09. The maximum atomic E-state index is 9.69. The van der Waals surface area contributed by atoms with Crippen molar-refractivity contribution in [1.82, 2.24) is 4.90 Å². The Labute approximate surface area is 69.0 Å². The predicted octanol–water partition coefficient (Wildman–Crippen LogP) is 0.681. The van der Waals surface area contributed by atoms with E-state index >= 15 is 0 Å². The molecule has 2 atom stereocenters. The lowest BCUT2D eigenvalue weighted by molar-refractivity contribution is -0.218. The molecule has 0 amide bonds. The summed E-state index contributed by atoms with van der Waals surface area (Å²) >= 11 is 0. The molecule has 0 heterocycles. The van der Waals surface area contributed by atoms with Crippen molar-refractivity contribution in [3.8, 4) is 0 Å². The smallest absolute Gasteiger partial charge is 0.178 e. The largest absolute Gasteiger partial charge is 0.364 e. The number of aliphatic hydroxyl groups is 1. The molecule has 0 aromatic rings. The van der Waals surface area contributed by atoms with Crippen molar-refractivity contribution in [3.63, 3.8) is 0 Å². The van der Waals surface area contributed by atoms with E-state index < -0.39 is 5.79 Å². The molecule has 11 heavy (non-hydrogen) atoms. The molecule has 0 aromatic carbocycles. The monoisotopic (exact) mass is 161 g/mol. The van der Waals surface area contributed by atoms with Crippen molar-refractivity contribution >= 4 is 0 Å². The molecule has 0 aliphatic heterocycles. The molecule has 0 spiro atoms. The lowest BCUT2D eigenvalue weighted by Gasteiger charge is -2.34. The molecule has 0 aliphatic carbocycles. The van der Waals surface area contributed by atoms with E-state index in [0.717, 1.165) is 0 Å². The number of nitrogens with zero attached hydrogens (tertiary/aromatic N) is 1. The van der Waals surface area contributed by atoms with E-state index in [1.807, 2.05) is 32.8 Å². The standard InChI is InChI=1S/C8H19NO2/c1-6-11-8(3,10)7(2)9(4)5/h7,10H,6H2,1-5H3. The van der Waals surface area contributed by atoms with Gasteiger partial charge in [-0.2, -0.15) is 0 Å². The van der Waals surface area contributed by atoms with Crippen molar-refractivity contribution in [1.29, 1.82) is 0 Å². The van der Waals surface area contributed by atoms with Crippen LogP contribution in [-0.4, -0.2) is 42.5 Å². The van der Waals surface area contributed by atoms with Crippen LogP contribution in [-0.2, 0) is 4.74 Å². The zero-order valence-electron chi connectivity index (χ0n) is 8.09. The van der Waals surface area contributed by atoms with Crippen LogP contribution >= 0.6 is 0 Å². The van der Waals surface area contributed by atoms with Crippen LogP contribution < -0.4 is 0 Å². The predicted molar refractivity (Wildman–Crippen MR) is 45.4 cm³/mol. The van der Waals surface area contributed by atoms with Crippen molar-refractivity contribution in [2.75, 3.05) is 20.7 Å². The van der Waals surface area contributed by atoms with E-state index in [4.69, 9.17) is 4.74 Å². The van der Waals surface area contributed by atoms with E-state index in [0.29, 0.717) is 6.61 Å². The zero-order chi connectivity index (χ0) is 9.07. The minimum atomic E-state index is -1.04. The Morgan fingerprint density at radius 2 is 2.00 bits per heavy atom. The minimum Gasteiger partial charge on any atom is -0.364 e. The van der Waals surface area contributed by atoms with Crippen LogP contribution in [0.2, 0.25) is 0 Å². The molecule has 1 N–H and O–H groups in total. The summed E-state index contributed by atoms with van der Waals surface area (Å²) in [5.74, 6) is -1.04. The summed E-state index contributed by atoms with van der Waals surface area (Å²) in [6.07, 6.45) is 0. The van der Waals surface area contributed by atoms with Crippen LogP contribution in [0, 0.1) is 0 Å². The van der Waals surface area contributed by atoms with E-state index in [1.54, 1.807) is 6.92 Å². The Balaban J connectivity index is 4.05. The van der Waals surface area contributed by atoms with Gasteiger partial charge in [0, 0.05) is 6.61 Å². The second-order valence-electron chi connectivity index (χ2n) is 3.13. The fourth-order valence-electron chi connectivity index (χ4n) is 0.892. The first-order valence-corrected chi connectivity index (χ1v) is 3.94. The number of rotatable bonds is 4. The van der Waals surface area contributed by atoms with Crippen LogP contribution in [0.5, 0.6) is 0 Å². The highest BCUT2D eigenvalue weighted by Gasteiger charge is 2.29. The number of hydrogen-bond donors (Lipinski definition) is 1. The third-order valence-corrected chi connectivity index (χ3v) is 1.99. The highest BCUT2D eigenvalue weighted by Crippen LogP contribution is 2.14.